The van der Waals surface area contributed by atoms with E-state index in [1.807, 2.05) is 11.8 Å². The Morgan fingerprint density at radius 3 is 2.69 bits per heavy atom. The van der Waals surface area contributed by atoms with Crippen LogP contribution in [0.4, 0.5) is 0 Å². The molecule has 68 valence electrons. The first-order valence-corrected chi connectivity index (χ1v) is 5.57. The van der Waals surface area contributed by atoms with Gasteiger partial charge in [-0.1, -0.05) is 24.8 Å². The predicted octanol–water partition coefficient (Wildman–Crippen LogP) is 3.97. The van der Waals surface area contributed by atoms with Gasteiger partial charge in [0.25, 0.3) is 0 Å². The van der Waals surface area contributed by atoms with Crippen molar-refractivity contribution in [2.75, 3.05) is 0 Å². The molecule has 0 N–H and O–H groups in total. The van der Waals surface area contributed by atoms with Gasteiger partial charge >= 0.3 is 0 Å². The van der Waals surface area contributed by atoms with Gasteiger partial charge in [-0.3, -0.25) is 0 Å². The van der Waals surface area contributed by atoms with Crippen molar-refractivity contribution in [1.82, 2.24) is 0 Å². The molecule has 0 amide bonds. The molecule has 1 heteroatoms. The third-order valence-electron chi connectivity index (χ3n) is 2.16. The van der Waals surface area contributed by atoms with Gasteiger partial charge in [0, 0.05) is 10.1 Å². The highest BCUT2D eigenvalue weighted by Gasteiger charge is 2.23. The van der Waals surface area contributed by atoms with Crippen molar-refractivity contribution in [3.8, 4) is 0 Å². The summed E-state index contributed by atoms with van der Waals surface area (Å²) in [5.41, 5.74) is 2.49. The maximum Gasteiger partial charge on any atom is 0.0150 e. The van der Waals surface area contributed by atoms with Gasteiger partial charge in [-0.2, -0.15) is 0 Å². The average Bonchev–Trinajstić information content (AvgIpc) is 2.89. The van der Waals surface area contributed by atoms with Crippen molar-refractivity contribution in [2.45, 2.75) is 29.9 Å². The van der Waals surface area contributed by atoms with Crippen molar-refractivity contribution in [3.63, 3.8) is 0 Å². The summed E-state index contributed by atoms with van der Waals surface area (Å²) < 4.78 is 0. The quantitative estimate of drug-likeness (QED) is 0.695. The van der Waals surface area contributed by atoms with E-state index in [0.717, 1.165) is 5.25 Å². The van der Waals surface area contributed by atoms with E-state index in [4.69, 9.17) is 0 Å². The molecule has 1 saturated carbocycles. The Labute approximate surface area is 84.0 Å². The Hall–Kier alpha value is -0.690. The van der Waals surface area contributed by atoms with Crippen LogP contribution in [0.25, 0.3) is 5.57 Å². The molecule has 0 unspecified atom stereocenters. The van der Waals surface area contributed by atoms with Gasteiger partial charge in [0.15, 0.2) is 0 Å². The summed E-state index contributed by atoms with van der Waals surface area (Å²) in [6.45, 7) is 6.08. The summed E-state index contributed by atoms with van der Waals surface area (Å²) in [6.07, 6.45) is 2.77. The topological polar surface area (TPSA) is 0 Å². The van der Waals surface area contributed by atoms with E-state index in [-0.39, 0.29) is 0 Å². The van der Waals surface area contributed by atoms with E-state index < -0.39 is 0 Å². The first-order valence-electron chi connectivity index (χ1n) is 4.69. The molecular formula is C12H14S. The Morgan fingerprint density at radius 1 is 1.38 bits per heavy atom. The van der Waals surface area contributed by atoms with Gasteiger partial charge in [0.1, 0.15) is 0 Å². The highest BCUT2D eigenvalue weighted by molar-refractivity contribution is 8.00. The molecule has 1 aromatic rings. The Bertz CT molecular complexity index is 324. The standard InChI is InChI=1S/C12H14S/c1-9(2)11-5-3-4-6-12(11)13-10-7-8-10/h3-6,10H,1,7-8H2,2H3. The van der Waals surface area contributed by atoms with Crippen LogP contribution < -0.4 is 0 Å². The fraction of sp³-hybridized carbons (Fsp3) is 0.333. The van der Waals surface area contributed by atoms with E-state index in [1.54, 1.807) is 0 Å². The zero-order chi connectivity index (χ0) is 9.26. The molecule has 1 aliphatic carbocycles. The maximum absolute atomic E-state index is 4.00. The van der Waals surface area contributed by atoms with E-state index in [1.165, 1.54) is 28.9 Å². The number of hydrogen-bond donors (Lipinski definition) is 0. The molecule has 0 nitrogen and oxygen atoms in total. The Kier molecular flexibility index (Phi) is 2.45. The highest BCUT2D eigenvalue weighted by atomic mass is 32.2. The molecule has 1 aliphatic rings. The SMILES string of the molecule is C=C(C)c1ccccc1SC1CC1. The Balaban J connectivity index is 2.25. The fourth-order valence-electron chi connectivity index (χ4n) is 1.29. The van der Waals surface area contributed by atoms with Crippen LogP contribution in [0.1, 0.15) is 25.3 Å². The second kappa shape index (κ2) is 3.59. The molecule has 0 bridgehead atoms. The minimum absolute atomic E-state index is 0.875. The van der Waals surface area contributed by atoms with Gasteiger partial charge in [-0.05, 0) is 37.0 Å². The van der Waals surface area contributed by atoms with Crippen LogP contribution in [0.5, 0.6) is 0 Å². The summed E-state index contributed by atoms with van der Waals surface area (Å²) in [4.78, 5) is 1.40. The molecule has 0 saturated heterocycles. The van der Waals surface area contributed by atoms with Crippen LogP contribution in [0.15, 0.2) is 35.7 Å². The van der Waals surface area contributed by atoms with Crippen LogP contribution in [0.3, 0.4) is 0 Å². The zero-order valence-corrected chi connectivity index (χ0v) is 8.73. The van der Waals surface area contributed by atoms with Crippen LogP contribution in [-0.4, -0.2) is 5.25 Å². The van der Waals surface area contributed by atoms with Crippen molar-refractivity contribution in [2.24, 2.45) is 0 Å². The predicted molar refractivity (Wildman–Crippen MR) is 60.0 cm³/mol. The van der Waals surface area contributed by atoms with Crippen LogP contribution >= 0.6 is 11.8 Å². The normalized spacial score (nSPS) is 15.8. The van der Waals surface area contributed by atoms with Crippen molar-refractivity contribution in [1.29, 1.82) is 0 Å². The lowest BCUT2D eigenvalue weighted by Gasteiger charge is -2.07. The molecule has 13 heavy (non-hydrogen) atoms. The molecule has 0 aromatic heterocycles. The average molecular weight is 190 g/mol. The minimum Gasteiger partial charge on any atom is -0.122 e. The molecule has 0 aliphatic heterocycles. The van der Waals surface area contributed by atoms with E-state index >= 15 is 0 Å². The zero-order valence-electron chi connectivity index (χ0n) is 7.92. The monoisotopic (exact) mass is 190 g/mol. The summed E-state index contributed by atoms with van der Waals surface area (Å²) in [7, 11) is 0. The van der Waals surface area contributed by atoms with E-state index in [2.05, 4.69) is 37.8 Å². The third kappa shape index (κ3) is 2.16. The first-order chi connectivity index (χ1) is 6.27. The molecular weight excluding hydrogens is 176 g/mol. The van der Waals surface area contributed by atoms with Crippen LogP contribution in [-0.2, 0) is 0 Å². The number of hydrogen-bond acceptors (Lipinski definition) is 1. The second-order valence-corrected chi connectivity index (χ2v) is 4.94. The molecule has 0 atom stereocenters. The maximum atomic E-state index is 4.00. The number of rotatable bonds is 3. The number of thioether (sulfide) groups is 1. The molecule has 0 heterocycles. The minimum atomic E-state index is 0.875. The van der Waals surface area contributed by atoms with Gasteiger partial charge in [0.2, 0.25) is 0 Å². The number of allylic oxidation sites excluding steroid dienone is 1. The summed E-state index contributed by atoms with van der Waals surface area (Å²) in [6, 6.07) is 8.55. The highest BCUT2D eigenvalue weighted by Crippen LogP contribution is 2.41. The lowest BCUT2D eigenvalue weighted by Crippen LogP contribution is -1.84. The Morgan fingerprint density at radius 2 is 2.08 bits per heavy atom. The van der Waals surface area contributed by atoms with E-state index in [0.29, 0.717) is 0 Å². The largest absolute Gasteiger partial charge is 0.122 e. The van der Waals surface area contributed by atoms with Gasteiger partial charge in [-0.15, -0.1) is 11.8 Å². The molecule has 1 fully saturated rings. The van der Waals surface area contributed by atoms with Crippen LogP contribution in [0.2, 0.25) is 0 Å². The smallest absolute Gasteiger partial charge is 0.0150 e. The molecule has 1 aromatic carbocycles. The van der Waals surface area contributed by atoms with Gasteiger partial charge < -0.3 is 0 Å². The van der Waals surface area contributed by atoms with Crippen molar-refractivity contribution in [3.05, 3.63) is 36.4 Å². The van der Waals surface area contributed by atoms with Gasteiger partial charge in [-0.25, -0.2) is 0 Å². The summed E-state index contributed by atoms with van der Waals surface area (Å²) >= 11 is 2.00. The molecule has 2 rings (SSSR count). The third-order valence-corrected chi connectivity index (χ3v) is 3.58. The first kappa shape index (κ1) is 8.89. The number of benzene rings is 1. The molecule has 0 radical (unpaired) electrons. The lowest BCUT2D eigenvalue weighted by molar-refractivity contribution is 1.36. The fourth-order valence-corrected chi connectivity index (χ4v) is 2.54. The second-order valence-electron chi connectivity index (χ2n) is 3.59. The van der Waals surface area contributed by atoms with Crippen molar-refractivity contribution < 1.29 is 0 Å². The molecule has 0 spiro atoms. The summed E-state index contributed by atoms with van der Waals surface area (Å²) in [5.74, 6) is 0. The van der Waals surface area contributed by atoms with Gasteiger partial charge in [0.05, 0.1) is 0 Å². The summed E-state index contributed by atoms with van der Waals surface area (Å²) in [5, 5.41) is 0.875. The van der Waals surface area contributed by atoms with Crippen LogP contribution in [0, 0.1) is 0 Å². The van der Waals surface area contributed by atoms with E-state index in [9.17, 15) is 0 Å². The van der Waals surface area contributed by atoms with Crippen molar-refractivity contribution >= 4 is 17.3 Å². The lowest BCUT2D eigenvalue weighted by atomic mass is 10.1.